The Kier molecular flexibility index (Phi) is 8.90. The van der Waals surface area contributed by atoms with Gasteiger partial charge >= 0.3 is 0 Å². The highest BCUT2D eigenvalue weighted by Crippen LogP contribution is 2.44. The van der Waals surface area contributed by atoms with Crippen molar-refractivity contribution in [1.29, 1.82) is 0 Å². The van der Waals surface area contributed by atoms with Crippen LogP contribution in [0.3, 0.4) is 0 Å². The van der Waals surface area contributed by atoms with Gasteiger partial charge in [0, 0.05) is 24.4 Å². The molecule has 0 saturated carbocycles. The van der Waals surface area contributed by atoms with Crippen LogP contribution in [0.1, 0.15) is 58.7 Å². The summed E-state index contributed by atoms with van der Waals surface area (Å²) in [6.45, 7) is 2.51. The highest BCUT2D eigenvalue weighted by Gasteiger charge is 2.42. The van der Waals surface area contributed by atoms with E-state index in [9.17, 15) is 4.79 Å². The third kappa shape index (κ3) is 5.77. The predicted molar refractivity (Wildman–Crippen MR) is 226 cm³/mol. The van der Waals surface area contributed by atoms with Crippen LogP contribution in [0.15, 0.2) is 175 Å². The quantitative estimate of drug-likeness (QED) is 0.129. The summed E-state index contributed by atoms with van der Waals surface area (Å²) in [7, 11) is 0. The molecule has 1 aliphatic carbocycles. The second-order valence-corrected chi connectivity index (χ2v) is 14.8. The maximum Gasteiger partial charge on any atom is 0.277 e. The molecule has 4 heterocycles. The summed E-state index contributed by atoms with van der Waals surface area (Å²) in [4.78, 5) is 23.6. The minimum Gasteiger partial charge on any atom is -0.316 e. The Morgan fingerprint density at radius 1 is 0.724 bits per heavy atom. The van der Waals surface area contributed by atoms with Crippen LogP contribution in [0.4, 0.5) is 0 Å². The lowest BCUT2D eigenvalue weighted by Crippen LogP contribution is -2.39. The number of aryl methyl sites for hydroxylation is 2. The van der Waals surface area contributed by atoms with Crippen molar-refractivity contribution in [3.63, 3.8) is 0 Å². The van der Waals surface area contributed by atoms with E-state index >= 15 is 0 Å². The average molecular weight is 757 g/mol. The first-order valence-electron chi connectivity index (χ1n) is 19.8. The molecule has 0 amide bonds. The zero-order valence-electron chi connectivity index (χ0n) is 32.1. The van der Waals surface area contributed by atoms with Gasteiger partial charge in [-0.3, -0.25) is 9.78 Å². The third-order valence-electron chi connectivity index (χ3n) is 11.6. The fraction of sp³-hybridized carbons (Fsp3) is 0.143. The number of benzene rings is 5. The van der Waals surface area contributed by atoms with Crippen LogP contribution in [0, 0.1) is 0 Å². The lowest BCUT2D eigenvalue weighted by molar-refractivity contribution is 0.451. The smallest absolute Gasteiger partial charge is 0.277 e. The molecule has 0 radical (unpaired) electrons. The molecular formula is C49H40N8O. The van der Waals surface area contributed by atoms with Gasteiger partial charge in [-0.1, -0.05) is 146 Å². The topological polar surface area (TPSA) is 96.3 Å². The van der Waals surface area contributed by atoms with Crippen molar-refractivity contribution in [3.8, 4) is 22.5 Å². The molecule has 0 unspecified atom stereocenters. The van der Waals surface area contributed by atoms with Gasteiger partial charge < -0.3 is 9.13 Å². The molecule has 9 heteroatoms. The minimum atomic E-state index is -0.873. The zero-order valence-corrected chi connectivity index (χ0v) is 32.1. The molecular weight excluding hydrogens is 717 g/mol. The number of aromatic nitrogens is 8. The van der Waals surface area contributed by atoms with Gasteiger partial charge in [-0.2, -0.15) is 0 Å². The third-order valence-corrected chi connectivity index (χ3v) is 11.6. The highest BCUT2D eigenvalue weighted by atomic mass is 16.1. The van der Waals surface area contributed by atoms with E-state index in [1.165, 1.54) is 11.1 Å². The van der Waals surface area contributed by atoms with Crippen molar-refractivity contribution < 1.29 is 0 Å². The molecule has 282 valence electrons. The van der Waals surface area contributed by atoms with Crippen molar-refractivity contribution in [2.45, 2.75) is 44.3 Å². The second-order valence-electron chi connectivity index (χ2n) is 14.8. The van der Waals surface area contributed by atoms with Crippen LogP contribution in [-0.4, -0.2) is 39.3 Å². The molecule has 0 bridgehead atoms. The van der Waals surface area contributed by atoms with E-state index in [0.717, 1.165) is 69.7 Å². The van der Waals surface area contributed by atoms with Crippen molar-refractivity contribution in [3.05, 3.63) is 220 Å². The molecule has 0 fully saturated rings. The van der Waals surface area contributed by atoms with Crippen molar-refractivity contribution in [2.24, 2.45) is 0 Å². The molecule has 4 aromatic heterocycles. The van der Waals surface area contributed by atoms with E-state index in [-0.39, 0.29) is 11.6 Å². The summed E-state index contributed by atoms with van der Waals surface area (Å²) in [5.41, 5.74) is 9.95. The SMILES string of the molecule is CCc1nc2ccn(Cc3ccccn3)c(=O)c2n1[C@H]1CCc2cc(-c3ccccc3-c3nnnn3C(c3ccccc3)(c3ccccc3)c3ccccc3)ccc21. The number of imidazole rings is 1. The lowest BCUT2D eigenvalue weighted by atomic mass is 9.77. The van der Waals surface area contributed by atoms with E-state index < -0.39 is 5.54 Å². The molecule has 10 rings (SSSR count). The number of tetrazole rings is 1. The van der Waals surface area contributed by atoms with Crippen LogP contribution >= 0.6 is 0 Å². The van der Waals surface area contributed by atoms with Gasteiger partial charge in [0.2, 0.25) is 0 Å². The molecule has 1 aliphatic rings. The molecule has 1 atom stereocenters. The van der Waals surface area contributed by atoms with E-state index in [1.54, 1.807) is 10.8 Å². The second kappa shape index (κ2) is 14.7. The van der Waals surface area contributed by atoms with Crippen molar-refractivity contribution in [2.75, 3.05) is 0 Å². The summed E-state index contributed by atoms with van der Waals surface area (Å²) in [6, 6.07) is 54.3. The Bertz CT molecular complexity index is 2840. The van der Waals surface area contributed by atoms with Crippen LogP contribution in [-0.2, 0) is 24.9 Å². The zero-order chi connectivity index (χ0) is 39.1. The summed E-state index contributed by atoms with van der Waals surface area (Å²) < 4.78 is 5.94. The van der Waals surface area contributed by atoms with Gasteiger partial charge in [-0.15, -0.1) is 5.10 Å². The maximum absolute atomic E-state index is 14.2. The Morgan fingerprint density at radius 3 is 2.03 bits per heavy atom. The summed E-state index contributed by atoms with van der Waals surface area (Å²) in [6.07, 6.45) is 6.07. The first kappa shape index (κ1) is 35.2. The number of pyridine rings is 2. The number of fused-ring (bicyclic) bond motifs is 2. The first-order chi connectivity index (χ1) is 28.6. The van der Waals surface area contributed by atoms with Crippen molar-refractivity contribution in [1.82, 2.24) is 39.3 Å². The Hall–Kier alpha value is -7.26. The van der Waals surface area contributed by atoms with E-state index in [4.69, 9.17) is 15.3 Å². The van der Waals surface area contributed by atoms with Crippen molar-refractivity contribution >= 4 is 11.0 Å². The number of rotatable bonds is 10. The first-order valence-corrected chi connectivity index (χ1v) is 19.8. The Morgan fingerprint density at radius 2 is 1.38 bits per heavy atom. The predicted octanol–water partition coefficient (Wildman–Crippen LogP) is 8.90. The summed E-state index contributed by atoms with van der Waals surface area (Å²) in [5, 5.41) is 14.0. The average Bonchev–Trinajstić information content (AvgIpc) is 4.04. The van der Waals surface area contributed by atoms with Gasteiger partial charge in [-0.05, 0) is 80.4 Å². The molecule has 5 aromatic carbocycles. The maximum atomic E-state index is 14.2. The fourth-order valence-corrected chi connectivity index (χ4v) is 9.01. The molecule has 58 heavy (non-hydrogen) atoms. The number of nitrogens with zero attached hydrogens (tertiary/aromatic N) is 8. The normalized spacial score (nSPS) is 13.8. The summed E-state index contributed by atoms with van der Waals surface area (Å²) in [5.74, 6) is 1.57. The van der Waals surface area contributed by atoms with Crippen LogP contribution in [0.5, 0.6) is 0 Å². The Labute approximate surface area is 335 Å². The molecule has 0 saturated heterocycles. The molecule has 0 N–H and O–H groups in total. The Balaban J connectivity index is 1.08. The highest BCUT2D eigenvalue weighted by molar-refractivity contribution is 5.82. The van der Waals surface area contributed by atoms with Crippen LogP contribution in [0.25, 0.3) is 33.5 Å². The lowest BCUT2D eigenvalue weighted by Gasteiger charge is -2.36. The minimum absolute atomic E-state index is 0.00632. The van der Waals surface area contributed by atoms with Crippen LogP contribution in [0.2, 0.25) is 0 Å². The number of hydrogen-bond acceptors (Lipinski definition) is 6. The number of hydrogen-bond donors (Lipinski definition) is 0. The molecule has 0 aliphatic heterocycles. The fourth-order valence-electron chi connectivity index (χ4n) is 9.01. The van der Waals surface area contributed by atoms with Gasteiger partial charge in [0.1, 0.15) is 16.9 Å². The molecule has 9 aromatic rings. The van der Waals surface area contributed by atoms with Gasteiger partial charge in [-0.25, -0.2) is 9.67 Å². The molecule has 0 spiro atoms. The summed E-state index contributed by atoms with van der Waals surface area (Å²) >= 11 is 0. The van der Waals surface area contributed by atoms with E-state index in [0.29, 0.717) is 17.9 Å². The monoisotopic (exact) mass is 756 g/mol. The van der Waals surface area contributed by atoms with Gasteiger partial charge in [0.05, 0.1) is 23.8 Å². The largest absolute Gasteiger partial charge is 0.316 e. The molecule has 9 nitrogen and oxygen atoms in total. The van der Waals surface area contributed by atoms with Gasteiger partial charge in [0.25, 0.3) is 5.56 Å². The van der Waals surface area contributed by atoms with E-state index in [1.807, 2.05) is 59.4 Å². The van der Waals surface area contributed by atoms with Crippen LogP contribution < -0.4 is 5.56 Å². The van der Waals surface area contributed by atoms with Gasteiger partial charge in [0.15, 0.2) is 5.82 Å². The standard InChI is InChI=1S/C49H40N8O/c1-2-45-51-43-29-31-55(33-39-22-14-15-30-50-39)48(58)46(43)56(45)44-28-26-35-32-34(25-27-41(35)44)40-23-12-13-24-42(40)47-52-53-54-57(47)49(36-16-6-3-7-17-36,37-18-8-4-9-19-37)38-20-10-5-11-21-38/h3-25,27,29-32,44H,2,26,28,33H2,1H3/t44-/m0/s1. The van der Waals surface area contributed by atoms with E-state index in [2.05, 4.69) is 131 Å².